The van der Waals surface area contributed by atoms with Gasteiger partial charge in [-0.15, -0.1) is 0 Å². The van der Waals surface area contributed by atoms with Crippen LogP contribution in [0.15, 0.2) is 12.3 Å². The van der Waals surface area contributed by atoms with Crippen LogP contribution in [-0.2, 0) is 9.84 Å². The second-order valence-corrected chi connectivity index (χ2v) is 9.99. The Hall–Kier alpha value is -1.96. The standard InChI is InChI=1S/C18H24N4O3S/c1-11(2)22-17-15(9-19-22)14(8-16(20-17)12-4-5-12)18(23)21(3)13-6-7-26(24,25)10-13/h8-9,11-13H,4-7,10H2,1-3H3/t13-/m0/s1. The molecule has 3 heterocycles. The van der Waals surface area contributed by atoms with Gasteiger partial charge in [-0.3, -0.25) is 4.79 Å². The van der Waals surface area contributed by atoms with Crippen LogP contribution in [0.1, 0.15) is 61.1 Å². The van der Waals surface area contributed by atoms with Gasteiger partial charge in [0.25, 0.3) is 5.91 Å². The second-order valence-electron chi connectivity index (χ2n) is 7.76. The van der Waals surface area contributed by atoms with Crippen LogP contribution in [0.2, 0.25) is 0 Å². The summed E-state index contributed by atoms with van der Waals surface area (Å²) in [6, 6.07) is 1.77. The van der Waals surface area contributed by atoms with E-state index in [0.29, 0.717) is 17.9 Å². The number of aromatic nitrogens is 3. The molecule has 1 saturated carbocycles. The number of carbonyl (C=O) groups excluding carboxylic acids is 1. The van der Waals surface area contributed by atoms with Crippen LogP contribution in [-0.4, -0.2) is 58.6 Å². The third-order valence-corrected chi connectivity index (χ3v) is 7.13. The molecule has 0 bridgehead atoms. The van der Waals surface area contributed by atoms with Crippen molar-refractivity contribution in [2.75, 3.05) is 18.6 Å². The Bertz CT molecular complexity index is 976. The average molecular weight is 376 g/mol. The lowest BCUT2D eigenvalue weighted by Crippen LogP contribution is -2.38. The summed E-state index contributed by atoms with van der Waals surface area (Å²) in [7, 11) is -1.34. The van der Waals surface area contributed by atoms with Crippen molar-refractivity contribution in [1.82, 2.24) is 19.7 Å². The third kappa shape index (κ3) is 3.00. The van der Waals surface area contributed by atoms with Crippen molar-refractivity contribution in [3.63, 3.8) is 0 Å². The lowest BCUT2D eigenvalue weighted by atomic mass is 10.1. The molecule has 1 saturated heterocycles. The van der Waals surface area contributed by atoms with Gasteiger partial charge in [0.2, 0.25) is 0 Å². The average Bonchev–Trinajstić information content (AvgIpc) is 3.25. The fraction of sp³-hybridized carbons (Fsp3) is 0.611. The van der Waals surface area contributed by atoms with Crippen LogP contribution in [0.5, 0.6) is 0 Å². The molecule has 0 N–H and O–H groups in total. The molecule has 1 aliphatic carbocycles. The van der Waals surface area contributed by atoms with Crippen molar-refractivity contribution >= 4 is 26.8 Å². The Kier molecular flexibility index (Phi) is 4.06. The van der Waals surface area contributed by atoms with E-state index >= 15 is 0 Å². The van der Waals surface area contributed by atoms with Gasteiger partial charge in [-0.05, 0) is 39.2 Å². The summed E-state index contributed by atoms with van der Waals surface area (Å²) in [6.07, 6.45) is 4.39. The van der Waals surface area contributed by atoms with Crippen LogP contribution in [0, 0.1) is 0 Å². The zero-order chi connectivity index (χ0) is 18.6. The maximum atomic E-state index is 13.2. The summed E-state index contributed by atoms with van der Waals surface area (Å²) in [5.41, 5.74) is 2.26. The van der Waals surface area contributed by atoms with E-state index in [-0.39, 0.29) is 29.5 Å². The van der Waals surface area contributed by atoms with Crippen molar-refractivity contribution in [2.24, 2.45) is 0 Å². The Balaban J connectivity index is 1.76. The predicted molar refractivity (Wildman–Crippen MR) is 99.0 cm³/mol. The molecule has 2 fully saturated rings. The highest BCUT2D eigenvalue weighted by molar-refractivity contribution is 7.91. The van der Waals surface area contributed by atoms with E-state index < -0.39 is 9.84 Å². The number of sulfone groups is 1. The number of nitrogens with zero attached hydrogens (tertiary/aromatic N) is 4. The summed E-state index contributed by atoms with van der Waals surface area (Å²) in [5.74, 6) is 0.465. The summed E-state index contributed by atoms with van der Waals surface area (Å²) in [6.45, 7) is 4.07. The number of hydrogen-bond acceptors (Lipinski definition) is 5. The zero-order valence-corrected chi connectivity index (χ0v) is 16.2. The molecule has 0 aromatic carbocycles. The van der Waals surface area contributed by atoms with Crippen LogP contribution in [0.4, 0.5) is 0 Å². The van der Waals surface area contributed by atoms with Gasteiger partial charge < -0.3 is 4.90 Å². The van der Waals surface area contributed by atoms with E-state index in [4.69, 9.17) is 4.98 Å². The Labute approximate surface area is 153 Å². The number of hydrogen-bond donors (Lipinski definition) is 0. The van der Waals surface area contributed by atoms with Gasteiger partial charge in [-0.25, -0.2) is 18.1 Å². The lowest BCUT2D eigenvalue weighted by molar-refractivity contribution is 0.0749. The minimum atomic E-state index is -3.04. The maximum absolute atomic E-state index is 13.2. The first-order valence-electron chi connectivity index (χ1n) is 9.12. The van der Waals surface area contributed by atoms with E-state index in [2.05, 4.69) is 5.10 Å². The molecule has 7 nitrogen and oxygen atoms in total. The molecular formula is C18H24N4O3S. The first-order valence-corrected chi connectivity index (χ1v) is 10.9. The second kappa shape index (κ2) is 6.04. The van der Waals surface area contributed by atoms with E-state index in [9.17, 15) is 13.2 Å². The molecule has 4 rings (SSSR count). The molecule has 2 aliphatic rings. The summed E-state index contributed by atoms with van der Waals surface area (Å²) in [4.78, 5) is 19.6. The van der Waals surface area contributed by atoms with Gasteiger partial charge in [0, 0.05) is 30.7 Å². The topological polar surface area (TPSA) is 85.2 Å². The normalized spacial score (nSPS) is 22.2. The highest BCUT2D eigenvalue weighted by atomic mass is 32.2. The molecule has 1 amide bonds. The van der Waals surface area contributed by atoms with Gasteiger partial charge in [0.15, 0.2) is 15.5 Å². The molecule has 2 aromatic heterocycles. The van der Waals surface area contributed by atoms with E-state index in [1.165, 1.54) is 0 Å². The lowest BCUT2D eigenvalue weighted by Gasteiger charge is -2.24. The van der Waals surface area contributed by atoms with E-state index in [1.807, 2.05) is 24.6 Å². The van der Waals surface area contributed by atoms with E-state index in [1.54, 1.807) is 18.1 Å². The van der Waals surface area contributed by atoms with E-state index in [0.717, 1.165) is 29.6 Å². The fourth-order valence-corrected chi connectivity index (χ4v) is 5.39. The SMILES string of the molecule is CC(C)n1ncc2c(C(=O)N(C)[C@H]3CCS(=O)(=O)C3)cc(C3CC3)nc21. The highest BCUT2D eigenvalue weighted by Gasteiger charge is 2.35. The number of rotatable bonds is 4. The molecule has 1 aliphatic heterocycles. The largest absolute Gasteiger partial charge is 0.338 e. The molecule has 1 atom stereocenters. The first-order chi connectivity index (χ1) is 12.3. The first kappa shape index (κ1) is 17.5. The maximum Gasteiger partial charge on any atom is 0.254 e. The van der Waals surface area contributed by atoms with Crippen LogP contribution in [0.3, 0.4) is 0 Å². The van der Waals surface area contributed by atoms with Crippen molar-refractivity contribution in [3.05, 3.63) is 23.5 Å². The minimum absolute atomic E-state index is 0.0458. The van der Waals surface area contributed by atoms with Gasteiger partial charge in [0.1, 0.15) is 0 Å². The number of amides is 1. The van der Waals surface area contributed by atoms with Gasteiger partial charge in [0.05, 0.1) is 28.7 Å². The smallest absolute Gasteiger partial charge is 0.254 e. The number of carbonyl (C=O) groups is 1. The molecule has 2 aromatic rings. The molecule has 26 heavy (non-hydrogen) atoms. The summed E-state index contributed by atoms with van der Waals surface area (Å²) < 4.78 is 25.4. The van der Waals surface area contributed by atoms with Crippen LogP contribution < -0.4 is 0 Å². The van der Waals surface area contributed by atoms with Crippen LogP contribution in [0.25, 0.3) is 11.0 Å². The van der Waals surface area contributed by atoms with Crippen molar-refractivity contribution in [1.29, 1.82) is 0 Å². The highest BCUT2D eigenvalue weighted by Crippen LogP contribution is 2.40. The monoisotopic (exact) mass is 376 g/mol. The minimum Gasteiger partial charge on any atom is -0.338 e. The molecule has 0 spiro atoms. The number of pyridine rings is 1. The molecule has 8 heteroatoms. The predicted octanol–water partition coefficient (Wildman–Crippen LogP) is 2.15. The Morgan fingerprint density at radius 2 is 2.04 bits per heavy atom. The zero-order valence-electron chi connectivity index (χ0n) is 15.3. The summed E-state index contributed by atoms with van der Waals surface area (Å²) in [5, 5.41) is 5.16. The molecule has 140 valence electrons. The Morgan fingerprint density at radius 1 is 1.31 bits per heavy atom. The van der Waals surface area contributed by atoms with Crippen molar-refractivity contribution < 1.29 is 13.2 Å². The molecule has 0 radical (unpaired) electrons. The summed E-state index contributed by atoms with van der Waals surface area (Å²) >= 11 is 0. The van der Waals surface area contributed by atoms with Crippen molar-refractivity contribution in [3.8, 4) is 0 Å². The van der Waals surface area contributed by atoms with Crippen molar-refractivity contribution in [2.45, 2.75) is 51.1 Å². The molecule has 0 unspecified atom stereocenters. The van der Waals surface area contributed by atoms with Crippen LogP contribution >= 0.6 is 0 Å². The van der Waals surface area contributed by atoms with Gasteiger partial charge in [-0.1, -0.05) is 0 Å². The Morgan fingerprint density at radius 3 is 2.62 bits per heavy atom. The quantitative estimate of drug-likeness (QED) is 0.816. The van der Waals surface area contributed by atoms with Gasteiger partial charge in [-0.2, -0.15) is 5.10 Å². The number of fused-ring (bicyclic) bond motifs is 1. The third-order valence-electron chi connectivity index (χ3n) is 5.38. The molecular weight excluding hydrogens is 352 g/mol. The van der Waals surface area contributed by atoms with Gasteiger partial charge >= 0.3 is 0 Å². The fourth-order valence-electron chi connectivity index (χ4n) is 3.62.